The SMILES string of the molecule is COCCOCCOCCn1ccc2c3c(N)nc(N)nc3ccc21. The summed E-state index contributed by atoms with van der Waals surface area (Å²) in [5.41, 5.74) is 13.5. The molecule has 134 valence electrons. The lowest BCUT2D eigenvalue weighted by Crippen LogP contribution is -2.11. The minimum atomic E-state index is 0.185. The van der Waals surface area contributed by atoms with E-state index in [0.717, 1.165) is 28.4 Å². The molecule has 0 atom stereocenters. The van der Waals surface area contributed by atoms with Gasteiger partial charge in [-0.05, 0) is 18.2 Å². The Morgan fingerprint density at radius 1 is 0.960 bits per heavy atom. The van der Waals surface area contributed by atoms with Gasteiger partial charge < -0.3 is 30.2 Å². The molecule has 0 aliphatic heterocycles. The topological polar surface area (TPSA) is 110 Å². The summed E-state index contributed by atoms with van der Waals surface area (Å²) < 4.78 is 18.0. The molecule has 1 aromatic carbocycles. The number of nitrogens with two attached hydrogens (primary N) is 2. The van der Waals surface area contributed by atoms with Crippen molar-refractivity contribution < 1.29 is 14.2 Å². The number of aromatic nitrogens is 3. The Kier molecular flexibility index (Phi) is 5.64. The minimum absolute atomic E-state index is 0.185. The maximum atomic E-state index is 6.03. The lowest BCUT2D eigenvalue weighted by Gasteiger charge is -2.09. The number of rotatable bonds is 9. The molecule has 0 amide bonds. The van der Waals surface area contributed by atoms with Crippen LogP contribution in [0.25, 0.3) is 21.8 Å². The second-order valence-corrected chi connectivity index (χ2v) is 5.59. The Labute approximate surface area is 145 Å². The number of hydrogen-bond donors (Lipinski definition) is 2. The Hall–Kier alpha value is -2.42. The number of methoxy groups -OCH3 is 1. The number of anilines is 2. The number of nitrogens with zero attached hydrogens (tertiary/aromatic N) is 3. The maximum absolute atomic E-state index is 6.03. The summed E-state index contributed by atoms with van der Waals surface area (Å²) >= 11 is 0. The van der Waals surface area contributed by atoms with Crippen molar-refractivity contribution in [2.45, 2.75) is 6.54 Å². The van der Waals surface area contributed by atoms with E-state index in [-0.39, 0.29) is 5.95 Å². The molecular formula is C17H23N5O3. The third kappa shape index (κ3) is 3.98. The predicted octanol–water partition coefficient (Wildman–Crippen LogP) is 1.43. The Bertz CT molecular complexity index is 849. The first-order valence-electron chi connectivity index (χ1n) is 8.15. The summed E-state index contributed by atoms with van der Waals surface area (Å²) in [5.74, 6) is 0.584. The van der Waals surface area contributed by atoms with Gasteiger partial charge in [-0.15, -0.1) is 0 Å². The van der Waals surface area contributed by atoms with Crippen LogP contribution in [-0.4, -0.2) is 54.7 Å². The van der Waals surface area contributed by atoms with Crippen molar-refractivity contribution in [1.29, 1.82) is 0 Å². The molecule has 0 saturated heterocycles. The van der Waals surface area contributed by atoms with Gasteiger partial charge in [-0.1, -0.05) is 0 Å². The third-order valence-corrected chi connectivity index (χ3v) is 3.94. The van der Waals surface area contributed by atoms with E-state index in [4.69, 9.17) is 25.7 Å². The van der Waals surface area contributed by atoms with Crippen molar-refractivity contribution in [3.63, 3.8) is 0 Å². The summed E-state index contributed by atoms with van der Waals surface area (Å²) in [6.45, 7) is 3.65. The van der Waals surface area contributed by atoms with Gasteiger partial charge >= 0.3 is 0 Å². The number of nitrogen functional groups attached to an aromatic ring is 2. The zero-order valence-corrected chi connectivity index (χ0v) is 14.3. The average Bonchev–Trinajstić information content (AvgIpc) is 2.99. The quantitative estimate of drug-likeness (QED) is 0.564. The minimum Gasteiger partial charge on any atom is -0.383 e. The first-order valence-corrected chi connectivity index (χ1v) is 8.15. The van der Waals surface area contributed by atoms with Gasteiger partial charge in [-0.2, -0.15) is 4.98 Å². The van der Waals surface area contributed by atoms with Crippen molar-refractivity contribution in [3.8, 4) is 0 Å². The van der Waals surface area contributed by atoms with Crippen LogP contribution >= 0.6 is 0 Å². The van der Waals surface area contributed by atoms with Crippen LogP contribution in [0, 0.1) is 0 Å². The summed E-state index contributed by atoms with van der Waals surface area (Å²) in [4.78, 5) is 8.31. The molecule has 0 spiro atoms. The Morgan fingerprint density at radius 3 is 2.52 bits per heavy atom. The number of hydrogen-bond acceptors (Lipinski definition) is 7. The van der Waals surface area contributed by atoms with Crippen LogP contribution in [0.1, 0.15) is 0 Å². The predicted molar refractivity (Wildman–Crippen MR) is 97.4 cm³/mol. The van der Waals surface area contributed by atoms with Crippen LogP contribution in [0.3, 0.4) is 0 Å². The summed E-state index contributed by atoms with van der Waals surface area (Å²) in [7, 11) is 1.65. The summed E-state index contributed by atoms with van der Waals surface area (Å²) in [6.07, 6.45) is 2.01. The first-order chi connectivity index (χ1) is 12.2. The number of fused-ring (bicyclic) bond motifs is 3. The molecule has 0 saturated carbocycles. The molecule has 0 aliphatic rings. The van der Waals surface area contributed by atoms with E-state index in [1.165, 1.54) is 0 Å². The van der Waals surface area contributed by atoms with Crippen LogP contribution in [-0.2, 0) is 20.8 Å². The highest BCUT2D eigenvalue weighted by Gasteiger charge is 2.10. The molecule has 8 heteroatoms. The molecule has 4 N–H and O–H groups in total. The molecule has 0 radical (unpaired) electrons. The summed E-state index contributed by atoms with van der Waals surface area (Å²) in [6, 6.07) is 5.94. The highest BCUT2D eigenvalue weighted by Crippen LogP contribution is 2.29. The van der Waals surface area contributed by atoms with Gasteiger partial charge in [-0.3, -0.25) is 0 Å². The third-order valence-electron chi connectivity index (χ3n) is 3.94. The van der Waals surface area contributed by atoms with E-state index in [2.05, 4.69) is 14.5 Å². The van der Waals surface area contributed by atoms with E-state index < -0.39 is 0 Å². The van der Waals surface area contributed by atoms with Crippen LogP contribution in [0.4, 0.5) is 11.8 Å². The van der Waals surface area contributed by atoms with Crippen molar-refractivity contribution >= 4 is 33.6 Å². The van der Waals surface area contributed by atoms with Crippen molar-refractivity contribution in [1.82, 2.24) is 14.5 Å². The molecule has 2 aromatic heterocycles. The molecule has 8 nitrogen and oxygen atoms in total. The largest absolute Gasteiger partial charge is 0.383 e. The fourth-order valence-electron chi connectivity index (χ4n) is 2.77. The van der Waals surface area contributed by atoms with Gasteiger partial charge in [0.25, 0.3) is 0 Å². The van der Waals surface area contributed by atoms with Crippen LogP contribution in [0.2, 0.25) is 0 Å². The lowest BCUT2D eigenvalue weighted by molar-refractivity contribution is 0.0232. The van der Waals surface area contributed by atoms with E-state index in [1.54, 1.807) is 7.11 Å². The van der Waals surface area contributed by atoms with Gasteiger partial charge in [0, 0.05) is 30.8 Å². The van der Waals surface area contributed by atoms with Crippen molar-refractivity contribution in [3.05, 3.63) is 24.4 Å². The number of ether oxygens (including phenoxy) is 3. The highest BCUT2D eigenvalue weighted by atomic mass is 16.5. The molecule has 3 aromatic rings. The molecule has 3 rings (SSSR count). The van der Waals surface area contributed by atoms with Gasteiger partial charge in [-0.25, -0.2) is 4.98 Å². The standard InChI is InChI=1S/C17H23N5O3/c1-23-8-9-25-11-10-24-7-6-22-5-4-12-14(22)3-2-13-15(12)16(18)21-17(19)20-13/h2-5H,6-11H2,1H3,(H4,18,19,20,21). The van der Waals surface area contributed by atoms with E-state index in [0.29, 0.717) is 38.9 Å². The van der Waals surface area contributed by atoms with Gasteiger partial charge in [0.15, 0.2) is 0 Å². The molecule has 2 heterocycles. The van der Waals surface area contributed by atoms with Gasteiger partial charge in [0.05, 0.1) is 43.9 Å². The van der Waals surface area contributed by atoms with Crippen LogP contribution in [0.15, 0.2) is 24.4 Å². The molecule has 25 heavy (non-hydrogen) atoms. The van der Waals surface area contributed by atoms with Crippen LogP contribution in [0.5, 0.6) is 0 Å². The normalized spacial score (nSPS) is 11.6. The molecule has 0 aliphatic carbocycles. The molecule has 0 bridgehead atoms. The van der Waals surface area contributed by atoms with Gasteiger partial charge in [0.2, 0.25) is 5.95 Å². The Morgan fingerprint density at radius 2 is 1.72 bits per heavy atom. The zero-order chi connectivity index (χ0) is 17.6. The van der Waals surface area contributed by atoms with Crippen LogP contribution < -0.4 is 11.5 Å². The molecule has 0 fully saturated rings. The monoisotopic (exact) mass is 345 g/mol. The number of benzene rings is 1. The second-order valence-electron chi connectivity index (χ2n) is 5.59. The molecule has 0 unspecified atom stereocenters. The zero-order valence-electron chi connectivity index (χ0n) is 14.3. The lowest BCUT2D eigenvalue weighted by atomic mass is 10.1. The second kappa shape index (κ2) is 8.11. The molecular weight excluding hydrogens is 322 g/mol. The van der Waals surface area contributed by atoms with Crippen molar-refractivity contribution in [2.75, 3.05) is 51.6 Å². The average molecular weight is 345 g/mol. The first kappa shape index (κ1) is 17.4. The smallest absolute Gasteiger partial charge is 0.222 e. The highest BCUT2D eigenvalue weighted by molar-refractivity contribution is 6.10. The Balaban J connectivity index is 1.63. The van der Waals surface area contributed by atoms with E-state index >= 15 is 0 Å². The fraction of sp³-hybridized carbons (Fsp3) is 0.412. The van der Waals surface area contributed by atoms with E-state index in [9.17, 15) is 0 Å². The van der Waals surface area contributed by atoms with Gasteiger partial charge in [0.1, 0.15) is 5.82 Å². The summed E-state index contributed by atoms with van der Waals surface area (Å²) in [5, 5.41) is 1.84. The van der Waals surface area contributed by atoms with E-state index in [1.807, 2.05) is 24.4 Å². The maximum Gasteiger partial charge on any atom is 0.222 e. The fourth-order valence-corrected chi connectivity index (χ4v) is 2.77. The van der Waals surface area contributed by atoms with Crippen molar-refractivity contribution in [2.24, 2.45) is 0 Å².